The Kier molecular flexibility index (Phi) is 22.3. The second-order valence-electron chi connectivity index (χ2n) is 16.6. The maximum atomic E-state index is 6.33. The van der Waals surface area contributed by atoms with Gasteiger partial charge in [0.1, 0.15) is 0 Å². The number of fused-ring (bicyclic) bond motifs is 8. The summed E-state index contributed by atoms with van der Waals surface area (Å²) in [7, 11) is 0. The summed E-state index contributed by atoms with van der Waals surface area (Å²) in [6, 6.07) is 50.0. The highest BCUT2D eigenvalue weighted by atomic mass is 15.0. The third kappa shape index (κ3) is 13.8. The summed E-state index contributed by atoms with van der Waals surface area (Å²) < 4.78 is 4.87. The van der Waals surface area contributed by atoms with E-state index in [1.165, 1.54) is 83.4 Å². The Hall–Kier alpha value is -8.25. The van der Waals surface area contributed by atoms with E-state index in [9.17, 15) is 0 Å². The van der Waals surface area contributed by atoms with Gasteiger partial charge in [-0.05, 0) is 116 Å². The summed E-state index contributed by atoms with van der Waals surface area (Å²) >= 11 is 0. The fraction of sp³-hybridized carbons (Fsp3) is 0.162. The van der Waals surface area contributed by atoms with Gasteiger partial charge in [0.15, 0.2) is 0 Å². The Labute approximate surface area is 435 Å². The number of nitrogens with zero attached hydrogens (tertiary/aromatic N) is 3. The lowest BCUT2D eigenvalue weighted by Gasteiger charge is -2.11. The van der Waals surface area contributed by atoms with Crippen LogP contribution in [-0.2, 0) is 13.0 Å². The lowest BCUT2D eigenvalue weighted by Crippen LogP contribution is -2.00. The first kappa shape index (κ1) is 55.7. The molecule has 1 aliphatic carbocycles. The van der Waals surface area contributed by atoms with Gasteiger partial charge in [-0.3, -0.25) is 4.98 Å². The standard InChI is InChI=1S/C47H38N4.C7H9N.2C5H8.2C2H6/c1-3-4-11-31(2)41(48)24-19-32-12-9-16-37(28-32)51-42-18-8-7-17-38(42)40-29-34(22-25-43(40)51)35-20-23-39-45(30-35)50(36-14-5-6-15-36)44-26-21-33-13-10-27-49-47(33)46(39)44;8-6-7-4-2-1-3-5-7;2*1-3-5-4-2;2*1-2/h3-4,7-14,16-18,20-30H,1-2,5-6,15,19,48H2;1-5H,6,8H2;2*3-5H,1H2,2H3;2*1-2H3/b11-4-,41-24-;;2*5-4-;;. The van der Waals surface area contributed by atoms with Crippen LogP contribution >= 0.6 is 0 Å². The SMILES string of the molecule is C=C/C=C\C.C=C/C=C\C.C=C/C=C\C(=C)/C(N)=C/Cc1cccc(-n2c3ccccc3c3cc(-c4ccc5c6c7ncccc7ccc6n(C6=CCCC6)c5c4)ccc32)c1.CC.CC.NCc1ccccc1. The molecule has 3 heterocycles. The molecule has 372 valence electrons. The van der Waals surface area contributed by atoms with E-state index >= 15 is 0 Å². The number of allylic oxidation sites excluding steroid dienone is 12. The van der Waals surface area contributed by atoms with Crippen LogP contribution in [0.5, 0.6) is 0 Å². The molecule has 4 N–H and O–H groups in total. The highest BCUT2D eigenvalue weighted by Crippen LogP contribution is 2.41. The van der Waals surface area contributed by atoms with Gasteiger partial charge in [-0.15, -0.1) is 0 Å². The lowest BCUT2D eigenvalue weighted by atomic mass is 10.0. The molecular formula is C68H75N5. The summed E-state index contributed by atoms with van der Waals surface area (Å²) in [4.78, 5) is 4.86. The number of para-hydroxylation sites is 1. The molecule has 0 unspecified atom stereocenters. The summed E-state index contributed by atoms with van der Waals surface area (Å²) in [5, 5.41) is 6.12. The van der Waals surface area contributed by atoms with Gasteiger partial charge in [-0.2, -0.15) is 0 Å². The number of pyridine rings is 1. The van der Waals surface area contributed by atoms with Crippen molar-refractivity contribution in [1.82, 2.24) is 14.1 Å². The number of hydrogen-bond donors (Lipinski definition) is 2. The minimum atomic E-state index is 0.640. The summed E-state index contributed by atoms with van der Waals surface area (Å²) in [5.41, 5.74) is 26.3. The van der Waals surface area contributed by atoms with Crippen molar-refractivity contribution in [2.24, 2.45) is 11.5 Å². The first-order chi connectivity index (χ1) is 35.8. The van der Waals surface area contributed by atoms with Gasteiger partial charge < -0.3 is 20.6 Å². The normalized spacial score (nSPS) is 12.0. The van der Waals surface area contributed by atoms with Gasteiger partial charge in [0.25, 0.3) is 0 Å². The molecule has 0 aliphatic heterocycles. The average molecular weight is 962 g/mol. The van der Waals surface area contributed by atoms with Crippen LogP contribution < -0.4 is 11.5 Å². The van der Waals surface area contributed by atoms with Gasteiger partial charge in [0, 0.05) is 56.8 Å². The number of rotatable bonds is 11. The minimum absolute atomic E-state index is 0.640. The highest BCUT2D eigenvalue weighted by molar-refractivity contribution is 6.21. The summed E-state index contributed by atoms with van der Waals surface area (Å²) in [5.74, 6) is 0. The number of aromatic nitrogens is 3. The van der Waals surface area contributed by atoms with Crippen molar-refractivity contribution in [2.75, 3.05) is 0 Å². The molecule has 0 saturated carbocycles. The lowest BCUT2D eigenvalue weighted by molar-refractivity contribution is 0.917. The molecule has 0 amide bonds. The van der Waals surface area contributed by atoms with Crippen LogP contribution in [0.15, 0.2) is 250 Å². The Morgan fingerprint density at radius 2 is 1.27 bits per heavy atom. The van der Waals surface area contributed by atoms with Gasteiger partial charge in [0.2, 0.25) is 0 Å². The van der Waals surface area contributed by atoms with Crippen LogP contribution in [0.4, 0.5) is 0 Å². The Morgan fingerprint density at radius 1 is 0.616 bits per heavy atom. The fourth-order valence-corrected chi connectivity index (χ4v) is 8.77. The second kappa shape index (κ2) is 29.2. The van der Waals surface area contributed by atoms with Crippen LogP contribution in [0.25, 0.3) is 77.0 Å². The van der Waals surface area contributed by atoms with Crippen molar-refractivity contribution in [1.29, 1.82) is 0 Å². The van der Waals surface area contributed by atoms with Gasteiger partial charge in [-0.25, -0.2) is 0 Å². The molecule has 0 radical (unpaired) electrons. The van der Waals surface area contributed by atoms with E-state index in [1.807, 2.05) is 127 Å². The van der Waals surface area contributed by atoms with Crippen molar-refractivity contribution >= 4 is 60.2 Å². The molecule has 5 nitrogen and oxygen atoms in total. The van der Waals surface area contributed by atoms with Crippen LogP contribution in [-0.4, -0.2) is 14.1 Å². The van der Waals surface area contributed by atoms with Gasteiger partial charge in [-0.1, -0.05) is 212 Å². The molecule has 10 rings (SSSR count). The third-order valence-corrected chi connectivity index (χ3v) is 12.1. The Morgan fingerprint density at radius 3 is 1.93 bits per heavy atom. The first-order valence-corrected chi connectivity index (χ1v) is 25.6. The van der Waals surface area contributed by atoms with E-state index in [4.69, 9.17) is 16.5 Å². The molecule has 0 bridgehead atoms. The van der Waals surface area contributed by atoms with E-state index in [-0.39, 0.29) is 0 Å². The van der Waals surface area contributed by atoms with E-state index in [2.05, 4.69) is 145 Å². The number of hydrogen-bond acceptors (Lipinski definition) is 3. The Balaban J connectivity index is 0.000000379. The Bertz CT molecular complexity index is 3400. The average Bonchev–Trinajstić information content (AvgIpc) is 4.19. The zero-order chi connectivity index (χ0) is 52.5. The summed E-state index contributed by atoms with van der Waals surface area (Å²) in [6.07, 6.45) is 27.1. The zero-order valence-electron chi connectivity index (χ0n) is 44.1. The second-order valence-corrected chi connectivity index (χ2v) is 16.6. The highest BCUT2D eigenvalue weighted by Gasteiger charge is 2.20. The quantitative estimate of drug-likeness (QED) is 0.127. The molecule has 0 fully saturated rings. The molecule has 9 aromatic rings. The minimum Gasteiger partial charge on any atom is -0.399 e. The van der Waals surface area contributed by atoms with Gasteiger partial charge in [0.05, 0.1) is 27.6 Å². The third-order valence-electron chi connectivity index (χ3n) is 12.1. The maximum Gasteiger partial charge on any atom is 0.0802 e. The predicted octanol–water partition coefficient (Wildman–Crippen LogP) is 18.5. The van der Waals surface area contributed by atoms with Crippen molar-refractivity contribution in [3.8, 4) is 16.8 Å². The predicted molar refractivity (Wildman–Crippen MR) is 324 cm³/mol. The molecule has 73 heavy (non-hydrogen) atoms. The smallest absolute Gasteiger partial charge is 0.0802 e. The van der Waals surface area contributed by atoms with Crippen molar-refractivity contribution in [3.63, 3.8) is 0 Å². The molecule has 6 aromatic carbocycles. The number of benzene rings is 6. The van der Waals surface area contributed by atoms with Crippen molar-refractivity contribution < 1.29 is 0 Å². The monoisotopic (exact) mass is 962 g/mol. The zero-order valence-corrected chi connectivity index (χ0v) is 44.1. The van der Waals surface area contributed by atoms with E-state index in [0.717, 1.165) is 29.6 Å². The largest absolute Gasteiger partial charge is 0.399 e. The van der Waals surface area contributed by atoms with E-state index < -0.39 is 0 Å². The molecular weight excluding hydrogens is 887 g/mol. The molecule has 1 aliphatic rings. The molecule has 0 spiro atoms. The topological polar surface area (TPSA) is 74.8 Å². The molecule has 5 heteroatoms. The van der Waals surface area contributed by atoms with Crippen molar-refractivity contribution in [2.45, 2.75) is 73.8 Å². The van der Waals surface area contributed by atoms with E-state index in [1.54, 1.807) is 18.2 Å². The fourth-order valence-electron chi connectivity index (χ4n) is 8.77. The molecule has 3 aromatic heterocycles. The van der Waals surface area contributed by atoms with E-state index in [0.29, 0.717) is 18.7 Å². The summed E-state index contributed by atoms with van der Waals surface area (Å²) in [6.45, 7) is 27.3. The van der Waals surface area contributed by atoms with Crippen molar-refractivity contribution in [3.05, 3.63) is 261 Å². The molecule has 0 saturated heterocycles. The van der Waals surface area contributed by atoms with Crippen LogP contribution in [0, 0.1) is 0 Å². The number of nitrogens with two attached hydrogens (primary N) is 2. The maximum absolute atomic E-state index is 6.33. The van der Waals surface area contributed by atoms with Gasteiger partial charge >= 0.3 is 0 Å². The first-order valence-electron chi connectivity index (χ1n) is 25.6. The van der Waals surface area contributed by atoms with Crippen LogP contribution in [0.2, 0.25) is 0 Å². The van der Waals surface area contributed by atoms with Crippen LogP contribution in [0.1, 0.15) is 71.9 Å². The molecule has 0 atom stereocenters. The van der Waals surface area contributed by atoms with Crippen LogP contribution in [0.3, 0.4) is 0 Å².